The van der Waals surface area contributed by atoms with Crippen LogP contribution in [0, 0.1) is 18.3 Å². The quantitative estimate of drug-likeness (QED) is 0.612. The van der Waals surface area contributed by atoms with Crippen LogP contribution >= 0.6 is 0 Å². The number of nitrogens with one attached hydrogen (secondary N) is 1. The van der Waals surface area contributed by atoms with Crippen molar-refractivity contribution in [1.29, 1.82) is 0 Å². The topological polar surface area (TPSA) is 98.3 Å². The van der Waals surface area contributed by atoms with E-state index in [0.29, 0.717) is 42.1 Å². The molecule has 6 rings (SSSR count). The fraction of sp³-hybridized carbons (Fsp3) is 0.464. The summed E-state index contributed by atoms with van der Waals surface area (Å²) in [6, 6.07) is 4.02. The maximum Gasteiger partial charge on any atom is 0.225 e. The van der Waals surface area contributed by atoms with E-state index in [2.05, 4.69) is 15.0 Å². The highest BCUT2D eigenvalue weighted by Crippen LogP contribution is 2.39. The van der Waals surface area contributed by atoms with E-state index in [1.165, 1.54) is 0 Å². The Kier molecular flexibility index (Phi) is 6.24. The summed E-state index contributed by atoms with van der Waals surface area (Å²) in [5.41, 5.74) is 3.05. The number of aromatic nitrogens is 2. The molecule has 0 bridgehead atoms. The zero-order chi connectivity index (χ0) is 25.4. The average Bonchev–Trinajstić information content (AvgIpc) is 3.27. The van der Waals surface area contributed by atoms with Crippen LogP contribution in [0.2, 0.25) is 0 Å². The number of dihydropyridines is 1. The number of pyridine rings is 1. The second kappa shape index (κ2) is 9.70. The first-order chi connectivity index (χ1) is 18.0. The van der Waals surface area contributed by atoms with E-state index in [1.807, 2.05) is 36.1 Å². The van der Waals surface area contributed by atoms with E-state index in [9.17, 15) is 4.79 Å². The summed E-state index contributed by atoms with van der Waals surface area (Å²) in [7, 11) is 1.64. The molecule has 0 radical (unpaired) electrons. The Morgan fingerprint density at radius 1 is 1.27 bits per heavy atom. The van der Waals surface area contributed by atoms with E-state index in [-0.39, 0.29) is 11.8 Å². The number of aromatic amines is 1. The number of aliphatic imine (C=N–C) groups is 1. The number of allylic oxidation sites excluding steroid dienone is 3. The smallest absolute Gasteiger partial charge is 0.225 e. The molecule has 2 fully saturated rings. The molecule has 9 nitrogen and oxygen atoms in total. The van der Waals surface area contributed by atoms with Gasteiger partial charge >= 0.3 is 0 Å². The van der Waals surface area contributed by atoms with Gasteiger partial charge in [-0.05, 0) is 38.0 Å². The van der Waals surface area contributed by atoms with Gasteiger partial charge in [-0.25, -0.2) is 4.98 Å². The minimum atomic E-state index is -0.0891. The molecule has 1 aliphatic carbocycles. The zero-order valence-electron chi connectivity index (χ0n) is 21.3. The number of rotatable bonds is 7. The summed E-state index contributed by atoms with van der Waals surface area (Å²) < 4.78 is 23.4. The molecular weight excluding hydrogens is 472 g/mol. The molecule has 2 aromatic rings. The van der Waals surface area contributed by atoms with Crippen molar-refractivity contribution in [3.05, 3.63) is 59.2 Å². The Morgan fingerprint density at radius 2 is 2.11 bits per heavy atom. The number of piperidine rings is 1. The van der Waals surface area contributed by atoms with Crippen molar-refractivity contribution in [2.24, 2.45) is 16.3 Å². The lowest BCUT2D eigenvalue weighted by atomic mass is 9.77. The summed E-state index contributed by atoms with van der Waals surface area (Å²) in [4.78, 5) is 26.9. The molecule has 1 unspecified atom stereocenters. The van der Waals surface area contributed by atoms with Gasteiger partial charge in [-0.2, -0.15) is 0 Å². The van der Waals surface area contributed by atoms with Gasteiger partial charge in [0.25, 0.3) is 0 Å². The molecule has 0 aromatic carbocycles. The first-order valence-corrected chi connectivity index (χ1v) is 12.9. The van der Waals surface area contributed by atoms with Crippen LogP contribution in [0.3, 0.4) is 0 Å². The number of fused-ring (bicyclic) bond motifs is 2. The molecule has 1 atom stereocenters. The third kappa shape index (κ3) is 4.75. The van der Waals surface area contributed by atoms with Gasteiger partial charge in [-0.3, -0.25) is 9.79 Å². The van der Waals surface area contributed by atoms with E-state index in [4.69, 9.17) is 18.9 Å². The maximum atomic E-state index is 12.7. The average molecular weight is 505 g/mol. The molecular formula is C28H32N4O5. The number of methoxy groups -OCH3 is 1. The molecule has 3 aliphatic heterocycles. The SMILES string of the molecule is COC1=C(OCCC(=O)N2CCC3(CC2)COC3)C=C2N=CC=C(Oc3cnc4[nH]c(C)cc4c3)C2C1. The van der Waals surface area contributed by atoms with Gasteiger partial charge in [-0.1, -0.05) is 0 Å². The lowest BCUT2D eigenvalue weighted by molar-refractivity contribution is -0.153. The number of hydrogen-bond acceptors (Lipinski definition) is 7. The Balaban J connectivity index is 1.07. The Hall–Kier alpha value is -3.59. The van der Waals surface area contributed by atoms with Crippen molar-refractivity contribution in [2.75, 3.05) is 40.0 Å². The number of nitrogens with zero attached hydrogens (tertiary/aromatic N) is 3. The van der Waals surface area contributed by atoms with Crippen LogP contribution in [0.4, 0.5) is 0 Å². The minimum Gasteiger partial charge on any atom is -0.497 e. The Labute approximate surface area is 215 Å². The predicted molar refractivity (Wildman–Crippen MR) is 138 cm³/mol. The molecule has 1 N–H and O–H groups in total. The Bertz CT molecular complexity index is 1320. The third-order valence-corrected chi connectivity index (χ3v) is 7.73. The molecule has 2 aromatic heterocycles. The molecule has 1 amide bonds. The summed E-state index contributed by atoms with van der Waals surface area (Å²) in [5.74, 6) is 2.83. The molecule has 9 heteroatoms. The Morgan fingerprint density at radius 3 is 2.86 bits per heavy atom. The summed E-state index contributed by atoms with van der Waals surface area (Å²) >= 11 is 0. The fourth-order valence-electron chi connectivity index (χ4n) is 5.44. The number of aryl methyl sites for hydroxylation is 1. The van der Waals surface area contributed by atoms with Crippen LogP contribution in [0.5, 0.6) is 5.75 Å². The van der Waals surface area contributed by atoms with Gasteiger partial charge in [0.15, 0.2) is 5.76 Å². The number of likely N-dealkylation sites (tertiary alicyclic amines) is 1. The largest absolute Gasteiger partial charge is 0.497 e. The second-order valence-corrected chi connectivity index (χ2v) is 10.3. The van der Waals surface area contributed by atoms with Gasteiger partial charge < -0.3 is 28.8 Å². The standard InChI is InChI=1S/C28H32N4O5/c1-18-11-19-12-20(15-30-27(19)31-18)37-23-3-7-29-22-14-25(24(34-2)13-21(22)23)36-10-4-26(33)32-8-5-28(6-9-32)16-35-17-28/h3,7,11-12,14-15,21H,4-6,8-10,13,16-17H2,1-2H3,(H,30,31). The van der Waals surface area contributed by atoms with Gasteiger partial charge in [0.2, 0.25) is 5.91 Å². The third-order valence-electron chi connectivity index (χ3n) is 7.73. The molecule has 37 heavy (non-hydrogen) atoms. The van der Waals surface area contributed by atoms with Gasteiger partial charge in [-0.15, -0.1) is 0 Å². The first kappa shape index (κ1) is 23.8. The number of ether oxygens (including phenoxy) is 4. The second-order valence-electron chi connectivity index (χ2n) is 10.3. The van der Waals surface area contributed by atoms with Gasteiger partial charge in [0.05, 0.1) is 51.2 Å². The number of carbonyl (C=O) groups excluding carboxylic acids is 1. The first-order valence-electron chi connectivity index (χ1n) is 12.9. The van der Waals surface area contributed by atoms with Crippen LogP contribution in [-0.2, 0) is 19.0 Å². The predicted octanol–water partition coefficient (Wildman–Crippen LogP) is 4.03. The summed E-state index contributed by atoms with van der Waals surface area (Å²) in [5, 5.41) is 1.00. The number of hydrogen-bond donors (Lipinski definition) is 1. The molecule has 5 heterocycles. The van der Waals surface area contributed by atoms with Crippen molar-refractivity contribution in [2.45, 2.75) is 32.6 Å². The lowest BCUT2D eigenvalue weighted by Gasteiger charge is -2.47. The summed E-state index contributed by atoms with van der Waals surface area (Å²) in [6.07, 6.45) is 10.2. The number of H-pyrrole nitrogens is 1. The van der Waals surface area contributed by atoms with Crippen LogP contribution < -0.4 is 4.74 Å². The van der Waals surface area contributed by atoms with E-state index >= 15 is 0 Å². The van der Waals surface area contributed by atoms with Crippen molar-refractivity contribution in [3.63, 3.8) is 0 Å². The van der Waals surface area contributed by atoms with Crippen molar-refractivity contribution in [3.8, 4) is 5.75 Å². The highest BCUT2D eigenvalue weighted by Gasteiger charge is 2.41. The van der Waals surface area contributed by atoms with Crippen LogP contribution in [-0.4, -0.2) is 67.0 Å². The van der Waals surface area contributed by atoms with E-state index in [1.54, 1.807) is 19.5 Å². The van der Waals surface area contributed by atoms with Crippen LogP contribution in [0.15, 0.2) is 58.4 Å². The monoisotopic (exact) mass is 504 g/mol. The number of carbonyl (C=O) groups is 1. The van der Waals surface area contributed by atoms with E-state index < -0.39 is 0 Å². The molecule has 194 valence electrons. The van der Waals surface area contributed by atoms with E-state index in [0.717, 1.165) is 67.3 Å². The van der Waals surface area contributed by atoms with Gasteiger partial charge in [0, 0.05) is 48.3 Å². The molecule has 1 spiro atoms. The summed E-state index contributed by atoms with van der Waals surface area (Å²) in [6.45, 7) is 5.58. The van der Waals surface area contributed by atoms with Crippen molar-refractivity contribution >= 4 is 23.2 Å². The van der Waals surface area contributed by atoms with Crippen LogP contribution in [0.25, 0.3) is 11.0 Å². The van der Waals surface area contributed by atoms with Crippen LogP contribution in [0.1, 0.15) is 31.4 Å². The number of amides is 1. The normalized spacial score (nSPS) is 22.3. The fourth-order valence-corrected chi connectivity index (χ4v) is 5.44. The van der Waals surface area contributed by atoms with Crippen molar-refractivity contribution in [1.82, 2.24) is 14.9 Å². The highest BCUT2D eigenvalue weighted by molar-refractivity contribution is 5.78. The molecule has 2 saturated heterocycles. The zero-order valence-corrected chi connectivity index (χ0v) is 21.3. The molecule has 4 aliphatic rings. The minimum absolute atomic E-state index is 0.0891. The van der Waals surface area contributed by atoms with Crippen molar-refractivity contribution < 1.29 is 23.7 Å². The van der Waals surface area contributed by atoms with Gasteiger partial charge in [0.1, 0.15) is 22.9 Å². The molecule has 0 saturated carbocycles. The lowest BCUT2D eigenvalue weighted by Crippen LogP contribution is -2.52. The highest BCUT2D eigenvalue weighted by atomic mass is 16.5. The maximum absolute atomic E-state index is 12.7.